The fourth-order valence-corrected chi connectivity index (χ4v) is 3.95. The van der Waals surface area contributed by atoms with Crippen LogP contribution in [0.5, 0.6) is 0 Å². The zero-order valence-corrected chi connectivity index (χ0v) is 14.1. The van der Waals surface area contributed by atoms with Crippen LogP contribution in [0.2, 0.25) is 0 Å². The molecule has 0 saturated carbocycles. The second kappa shape index (κ2) is 7.77. The first-order valence-corrected chi connectivity index (χ1v) is 8.84. The van der Waals surface area contributed by atoms with Crippen LogP contribution >= 0.6 is 0 Å². The predicted molar refractivity (Wildman–Crippen MR) is 87.2 cm³/mol. The van der Waals surface area contributed by atoms with Crippen molar-refractivity contribution in [2.24, 2.45) is 5.92 Å². The largest absolute Gasteiger partial charge is 0.316 e. The van der Waals surface area contributed by atoms with Crippen molar-refractivity contribution in [2.75, 3.05) is 32.7 Å². The standard InChI is InChI=1S/C17H35N3/c1-5-9-18-11-14(2)16(4)20-13-17-8-6-7-10-19(17)12-15(20)3/h14-18H,5-13H2,1-4H3. The highest BCUT2D eigenvalue weighted by Gasteiger charge is 2.35. The molecule has 2 saturated heterocycles. The summed E-state index contributed by atoms with van der Waals surface area (Å²) in [5.74, 6) is 0.735. The summed E-state index contributed by atoms with van der Waals surface area (Å²) in [5, 5.41) is 3.59. The maximum absolute atomic E-state index is 3.59. The van der Waals surface area contributed by atoms with Gasteiger partial charge >= 0.3 is 0 Å². The van der Waals surface area contributed by atoms with Crippen LogP contribution in [0.15, 0.2) is 0 Å². The zero-order valence-electron chi connectivity index (χ0n) is 14.1. The second-order valence-electron chi connectivity index (χ2n) is 7.11. The molecule has 3 nitrogen and oxygen atoms in total. The molecular weight excluding hydrogens is 246 g/mol. The monoisotopic (exact) mass is 281 g/mol. The molecule has 2 aliphatic rings. The average molecular weight is 281 g/mol. The Morgan fingerprint density at radius 2 is 2.00 bits per heavy atom. The third kappa shape index (κ3) is 3.96. The number of nitrogens with zero attached hydrogens (tertiary/aromatic N) is 2. The van der Waals surface area contributed by atoms with E-state index < -0.39 is 0 Å². The van der Waals surface area contributed by atoms with Gasteiger partial charge in [-0.25, -0.2) is 0 Å². The van der Waals surface area contributed by atoms with Crippen molar-refractivity contribution in [2.45, 2.75) is 71.5 Å². The van der Waals surface area contributed by atoms with E-state index in [9.17, 15) is 0 Å². The van der Waals surface area contributed by atoms with Crippen LogP contribution in [0, 0.1) is 5.92 Å². The van der Waals surface area contributed by atoms with Crippen molar-refractivity contribution in [3.05, 3.63) is 0 Å². The summed E-state index contributed by atoms with van der Waals surface area (Å²) in [6.07, 6.45) is 5.50. The van der Waals surface area contributed by atoms with E-state index in [4.69, 9.17) is 0 Å². The summed E-state index contributed by atoms with van der Waals surface area (Å²) < 4.78 is 0. The van der Waals surface area contributed by atoms with Crippen molar-refractivity contribution in [1.29, 1.82) is 0 Å². The molecule has 0 aromatic carbocycles. The first-order chi connectivity index (χ1) is 9.63. The molecule has 2 rings (SSSR count). The lowest BCUT2D eigenvalue weighted by molar-refractivity contribution is -0.0152. The molecule has 3 heteroatoms. The topological polar surface area (TPSA) is 18.5 Å². The van der Waals surface area contributed by atoms with Gasteiger partial charge < -0.3 is 5.32 Å². The Morgan fingerprint density at radius 3 is 2.75 bits per heavy atom. The number of piperazine rings is 1. The van der Waals surface area contributed by atoms with E-state index in [1.807, 2.05) is 0 Å². The minimum atomic E-state index is 0.693. The van der Waals surface area contributed by atoms with Crippen LogP contribution in [0.25, 0.3) is 0 Å². The van der Waals surface area contributed by atoms with Gasteiger partial charge in [-0.2, -0.15) is 0 Å². The molecule has 1 N–H and O–H groups in total. The molecule has 4 unspecified atom stereocenters. The van der Waals surface area contributed by atoms with E-state index in [1.54, 1.807) is 0 Å². The summed E-state index contributed by atoms with van der Waals surface area (Å²) in [7, 11) is 0. The molecule has 118 valence electrons. The fraction of sp³-hybridized carbons (Fsp3) is 1.00. The average Bonchev–Trinajstić information content (AvgIpc) is 2.46. The minimum absolute atomic E-state index is 0.693. The third-order valence-electron chi connectivity index (χ3n) is 5.48. The van der Waals surface area contributed by atoms with Crippen LogP contribution in [0.3, 0.4) is 0 Å². The molecule has 2 fully saturated rings. The van der Waals surface area contributed by atoms with Crippen LogP contribution in [-0.2, 0) is 0 Å². The molecular formula is C17H35N3. The molecule has 4 atom stereocenters. The van der Waals surface area contributed by atoms with Gasteiger partial charge in [-0.1, -0.05) is 20.3 Å². The van der Waals surface area contributed by atoms with Crippen molar-refractivity contribution in [3.63, 3.8) is 0 Å². The lowest BCUT2D eigenvalue weighted by Crippen LogP contribution is -2.61. The molecule has 0 aliphatic carbocycles. The molecule has 20 heavy (non-hydrogen) atoms. The van der Waals surface area contributed by atoms with Crippen molar-refractivity contribution in [3.8, 4) is 0 Å². The molecule has 0 aromatic rings. The number of hydrogen-bond donors (Lipinski definition) is 1. The summed E-state index contributed by atoms with van der Waals surface area (Å²) in [6, 6.07) is 2.24. The second-order valence-corrected chi connectivity index (χ2v) is 7.11. The van der Waals surface area contributed by atoms with Gasteiger partial charge in [0.1, 0.15) is 0 Å². The van der Waals surface area contributed by atoms with Gasteiger partial charge in [-0.3, -0.25) is 9.80 Å². The highest BCUT2D eigenvalue weighted by Crippen LogP contribution is 2.26. The van der Waals surface area contributed by atoms with Gasteiger partial charge in [0.15, 0.2) is 0 Å². The van der Waals surface area contributed by atoms with Crippen LogP contribution < -0.4 is 5.32 Å². The van der Waals surface area contributed by atoms with Crippen LogP contribution in [-0.4, -0.2) is 60.6 Å². The predicted octanol–water partition coefficient (Wildman–Crippen LogP) is 2.57. The number of fused-ring (bicyclic) bond motifs is 1. The highest BCUT2D eigenvalue weighted by molar-refractivity contribution is 4.92. The van der Waals surface area contributed by atoms with Gasteiger partial charge in [0.2, 0.25) is 0 Å². The summed E-state index contributed by atoms with van der Waals surface area (Å²) in [4.78, 5) is 5.53. The minimum Gasteiger partial charge on any atom is -0.316 e. The van der Waals surface area contributed by atoms with Gasteiger partial charge in [0.25, 0.3) is 0 Å². The van der Waals surface area contributed by atoms with E-state index in [1.165, 1.54) is 45.3 Å². The quantitative estimate of drug-likeness (QED) is 0.755. The maximum atomic E-state index is 3.59. The lowest BCUT2D eigenvalue weighted by atomic mass is 9.93. The molecule has 0 bridgehead atoms. The Bertz CT molecular complexity index is 281. The van der Waals surface area contributed by atoms with Crippen molar-refractivity contribution < 1.29 is 0 Å². The van der Waals surface area contributed by atoms with Crippen LogP contribution in [0.1, 0.15) is 53.4 Å². The van der Waals surface area contributed by atoms with Gasteiger partial charge in [0.05, 0.1) is 0 Å². The van der Waals surface area contributed by atoms with E-state index in [0.717, 1.165) is 25.0 Å². The summed E-state index contributed by atoms with van der Waals surface area (Å²) in [5.41, 5.74) is 0. The SMILES string of the molecule is CCCNCC(C)C(C)N1CC2CCCCN2CC1C. The molecule has 0 radical (unpaired) electrons. The lowest BCUT2D eigenvalue weighted by Gasteiger charge is -2.50. The van der Waals surface area contributed by atoms with Crippen molar-refractivity contribution in [1.82, 2.24) is 15.1 Å². The molecule has 2 aliphatic heterocycles. The third-order valence-corrected chi connectivity index (χ3v) is 5.48. The fourth-order valence-electron chi connectivity index (χ4n) is 3.95. The number of hydrogen-bond acceptors (Lipinski definition) is 3. The Kier molecular flexibility index (Phi) is 6.31. The van der Waals surface area contributed by atoms with Crippen molar-refractivity contribution >= 4 is 0 Å². The van der Waals surface area contributed by atoms with Gasteiger partial charge in [-0.05, 0) is 58.7 Å². The van der Waals surface area contributed by atoms with E-state index >= 15 is 0 Å². The number of nitrogens with one attached hydrogen (secondary N) is 1. The van der Waals surface area contributed by atoms with Gasteiger partial charge in [-0.15, -0.1) is 0 Å². The van der Waals surface area contributed by atoms with Gasteiger partial charge in [0, 0.05) is 31.2 Å². The number of piperidine rings is 1. The smallest absolute Gasteiger partial charge is 0.0224 e. The Hall–Kier alpha value is -0.120. The highest BCUT2D eigenvalue weighted by atomic mass is 15.3. The Morgan fingerprint density at radius 1 is 1.20 bits per heavy atom. The zero-order chi connectivity index (χ0) is 14.5. The summed E-state index contributed by atoms with van der Waals surface area (Å²) in [6.45, 7) is 15.7. The Labute approximate surface area is 126 Å². The first-order valence-electron chi connectivity index (χ1n) is 8.84. The van der Waals surface area contributed by atoms with E-state index in [-0.39, 0.29) is 0 Å². The normalized spacial score (nSPS) is 31.8. The maximum Gasteiger partial charge on any atom is 0.0224 e. The molecule has 0 aromatic heterocycles. The van der Waals surface area contributed by atoms with Crippen LogP contribution in [0.4, 0.5) is 0 Å². The Balaban J connectivity index is 1.86. The van der Waals surface area contributed by atoms with E-state index in [2.05, 4.69) is 42.8 Å². The molecule has 0 spiro atoms. The van der Waals surface area contributed by atoms with E-state index in [0.29, 0.717) is 12.1 Å². The number of rotatable bonds is 6. The first kappa shape index (κ1) is 16.3. The summed E-state index contributed by atoms with van der Waals surface area (Å²) >= 11 is 0. The molecule has 2 heterocycles. The molecule has 0 amide bonds.